The van der Waals surface area contributed by atoms with Crippen LogP contribution in [0.4, 0.5) is 0 Å². The van der Waals surface area contributed by atoms with Crippen LogP contribution in [-0.2, 0) is 0 Å². The zero-order valence-electron chi connectivity index (χ0n) is 6.67. The summed E-state index contributed by atoms with van der Waals surface area (Å²) >= 11 is 0. The van der Waals surface area contributed by atoms with E-state index in [0.717, 1.165) is 0 Å². The van der Waals surface area contributed by atoms with Gasteiger partial charge in [0.2, 0.25) is 0 Å². The van der Waals surface area contributed by atoms with Crippen LogP contribution in [0, 0.1) is 5.92 Å². The molecule has 72 valence electrons. The normalized spacial score (nSPS) is 49.2. The summed E-state index contributed by atoms with van der Waals surface area (Å²) in [6, 6.07) is -0.569. The standard InChI is InChI=1S/C7H15NO4/c8-4-1-3(2-9)5(10)7(12)6(4)11/h3-7,9-12H,1-2,8H2/t3-,4+,5+,6+,7-/m0/s1. The summed E-state index contributed by atoms with van der Waals surface area (Å²) in [5.41, 5.74) is 5.46. The van der Waals surface area contributed by atoms with Crippen LogP contribution in [0.3, 0.4) is 0 Å². The van der Waals surface area contributed by atoms with Gasteiger partial charge < -0.3 is 26.2 Å². The van der Waals surface area contributed by atoms with E-state index in [4.69, 9.17) is 10.8 Å². The molecule has 1 saturated carbocycles. The fourth-order valence-electron chi connectivity index (χ4n) is 1.55. The Balaban J connectivity index is 2.63. The van der Waals surface area contributed by atoms with Crippen molar-refractivity contribution in [3.8, 4) is 0 Å². The first-order chi connectivity index (χ1) is 5.57. The van der Waals surface area contributed by atoms with Crippen molar-refractivity contribution in [1.82, 2.24) is 0 Å². The molecule has 1 fully saturated rings. The quantitative estimate of drug-likeness (QED) is 0.302. The molecule has 0 saturated heterocycles. The Morgan fingerprint density at radius 3 is 2.17 bits per heavy atom. The van der Waals surface area contributed by atoms with Crippen molar-refractivity contribution in [2.24, 2.45) is 11.7 Å². The van der Waals surface area contributed by atoms with Gasteiger partial charge in [-0.3, -0.25) is 0 Å². The highest BCUT2D eigenvalue weighted by Crippen LogP contribution is 2.24. The monoisotopic (exact) mass is 177 g/mol. The summed E-state index contributed by atoms with van der Waals surface area (Å²) < 4.78 is 0. The number of hydrogen-bond acceptors (Lipinski definition) is 5. The van der Waals surface area contributed by atoms with Crippen molar-refractivity contribution in [3.63, 3.8) is 0 Å². The van der Waals surface area contributed by atoms with Crippen LogP contribution in [-0.4, -0.2) is 51.4 Å². The van der Waals surface area contributed by atoms with Gasteiger partial charge in [0.15, 0.2) is 0 Å². The molecule has 5 atom stereocenters. The SMILES string of the molecule is N[C@@H]1C[C@@H](CO)[C@@H](O)[C@H](O)[C@@H]1O. The maximum atomic E-state index is 9.30. The molecule has 0 amide bonds. The van der Waals surface area contributed by atoms with Gasteiger partial charge >= 0.3 is 0 Å². The zero-order valence-corrected chi connectivity index (χ0v) is 6.67. The lowest BCUT2D eigenvalue weighted by atomic mass is 9.80. The third-order valence-electron chi connectivity index (χ3n) is 2.43. The number of nitrogens with two attached hydrogens (primary N) is 1. The lowest BCUT2D eigenvalue weighted by Gasteiger charge is -2.38. The molecular weight excluding hydrogens is 162 g/mol. The third kappa shape index (κ3) is 1.60. The first-order valence-electron chi connectivity index (χ1n) is 3.98. The Morgan fingerprint density at radius 1 is 1.08 bits per heavy atom. The molecule has 6 N–H and O–H groups in total. The summed E-state index contributed by atoms with van der Waals surface area (Å²) in [6.07, 6.45) is -3.09. The molecule has 0 unspecified atom stereocenters. The van der Waals surface area contributed by atoms with Crippen LogP contribution in [0.15, 0.2) is 0 Å². The Morgan fingerprint density at radius 2 is 1.67 bits per heavy atom. The van der Waals surface area contributed by atoms with Crippen molar-refractivity contribution in [3.05, 3.63) is 0 Å². The van der Waals surface area contributed by atoms with E-state index in [-0.39, 0.29) is 6.61 Å². The number of aliphatic hydroxyl groups is 4. The first kappa shape index (κ1) is 9.88. The van der Waals surface area contributed by atoms with Gasteiger partial charge in [0.1, 0.15) is 6.10 Å². The highest BCUT2D eigenvalue weighted by Gasteiger charge is 2.40. The summed E-state index contributed by atoms with van der Waals surface area (Å²) in [6.45, 7) is -0.224. The highest BCUT2D eigenvalue weighted by atomic mass is 16.4. The maximum absolute atomic E-state index is 9.30. The third-order valence-corrected chi connectivity index (χ3v) is 2.43. The van der Waals surface area contributed by atoms with Crippen LogP contribution < -0.4 is 5.73 Å². The summed E-state index contributed by atoms with van der Waals surface area (Å²) in [5.74, 6) is -0.432. The minimum absolute atomic E-state index is 0.224. The zero-order chi connectivity index (χ0) is 9.30. The van der Waals surface area contributed by atoms with E-state index in [1.807, 2.05) is 0 Å². The topological polar surface area (TPSA) is 107 Å². The predicted octanol–water partition coefficient (Wildman–Crippen LogP) is -2.59. The predicted molar refractivity (Wildman–Crippen MR) is 41.2 cm³/mol. The van der Waals surface area contributed by atoms with Crippen molar-refractivity contribution in [1.29, 1.82) is 0 Å². The second-order valence-electron chi connectivity index (χ2n) is 3.31. The van der Waals surface area contributed by atoms with E-state index < -0.39 is 30.3 Å². The largest absolute Gasteiger partial charge is 0.396 e. The lowest BCUT2D eigenvalue weighted by molar-refractivity contribution is -0.125. The van der Waals surface area contributed by atoms with E-state index in [1.54, 1.807) is 0 Å². The van der Waals surface area contributed by atoms with E-state index in [2.05, 4.69) is 0 Å². The highest BCUT2D eigenvalue weighted by molar-refractivity contribution is 4.94. The Labute approximate surface area is 70.4 Å². The van der Waals surface area contributed by atoms with Crippen molar-refractivity contribution in [2.45, 2.75) is 30.8 Å². The summed E-state index contributed by atoms with van der Waals surface area (Å²) in [4.78, 5) is 0. The van der Waals surface area contributed by atoms with E-state index in [0.29, 0.717) is 6.42 Å². The number of hydrogen-bond donors (Lipinski definition) is 5. The van der Waals surface area contributed by atoms with Gasteiger partial charge in [0.25, 0.3) is 0 Å². The summed E-state index contributed by atoms with van der Waals surface area (Å²) in [5, 5.41) is 36.5. The fourth-order valence-corrected chi connectivity index (χ4v) is 1.55. The molecule has 0 radical (unpaired) electrons. The minimum atomic E-state index is -1.24. The van der Waals surface area contributed by atoms with Gasteiger partial charge in [-0.15, -0.1) is 0 Å². The van der Waals surface area contributed by atoms with Crippen molar-refractivity contribution in [2.75, 3.05) is 6.61 Å². The van der Waals surface area contributed by atoms with Crippen LogP contribution in [0.5, 0.6) is 0 Å². The molecule has 0 aliphatic heterocycles. The molecule has 0 bridgehead atoms. The summed E-state index contributed by atoms with van der Waals surface area (Å²) in [7, 11) is 0. The Bertz CT molecular complexity index is 150. The van der Waals surface area contributed by atoms with Gasteiger partial charge in [-0.1, -0.05) is 0 Å². The maximum Gasteiger partial charge on any atom is 0.108 e. The molecule has 0 aromatic heterocycles. The van der Waals surface area contributed by atoms with Crippen LogP contribution in [0.1, 0.15) is 6.42 Å². The Hall–Kier alpha value is -0.200. The first-order valence-corrected chi connectivity index (χ1v) is 3.98. The number of rotatable bonds is 1. The van der Waals surface area contributed by atoms with E-state index in [9.17, 15) is 15.3 Å². The van der Waals surface area contributed by atoms with Crippen LogP contribution in [0.2, 0.25) is 0 Å². The fraction of sp³-hybridized carbons (Fsp3) is 1.00. The van der Waals surface area contributed by atoms with Crippen LogP contribution >= 0.6 is 0 Å². The molecule has 0 aromatic rings. The molecule has 0 spiro atoms. The number of aliphatic hydroxyl groups excluding tert-OH is 4. The molecule has 0 heterocycles. The average molecular weight is 177 g/mol. The second-order valence-corrected chi connectivity index (χ2v) is 3.31. The average Bonchev–Trinajstić information content (AvgIpc) is 2.08. The van der Waals surface area contributed by atoms with Crippen molar-refractivity contribution >= 4 is 0 Å². The lowest BCUT2D eigenvalue weighted by Crippen LogP contribution is -2.57. The van der Waals surface area contributed by atoms with Gasteiger partial charge in [0.05, 0.1) is 12.2 Å². The molecule has 5 heteroatoms. The van der Waals surface area contributed by atoms with Gasteiger partial charge in [-0.2, -0.15) is 0 Å². The van der Waals surface area contributed by atoms with Gasteiger partial charge in [-0.05, 0) is 6.42 Å². The molecule has 5 nitrogen and oxygen atoms in total. The molecule has 1 aliphatic rings. The molecule has 1 aliphatic carbocycles. The molecule has 12 heavy (non-hydrogen) atoms. The van der Waals surface area contributed by atoms with Crippen LogP contribution in [0.25, 0.3) is 0 Å². The van der Waals surface area contributed by atoms with Gasteiger partial charge in [-0.25, -0.2) is 0 Å². The van der Waals surface area contributed by atoms with Crippen molar-refractivity contribution < 1.29 is 20.4 Å². The molecular formula is C7H15NO4. The van der Waals surface area contributed by atoms with Gasteiger partial charge in [0, 0.05) is 18.6 Å². The van der Waals surface area contributed by atoms with E-state index >= 15 is 0 Å². The Kier molecular flexibility index (Phi) is 3.03. The second kappa shape index (κ2) is 3.68. The van der Waals surface area contributed by atoms with E-state index in [1.165, 1.54) is 0 Å². The smallest absolute Gasteiger partial charge is 0.108 e. The molecule has 0 aromatic carbocycles. The minimum Gasteiger partial charge on any atom is -0.396 e. The molecule has 1 rings (SSSR count).